The van der Waals surface area contributed by atoms with Crippen molar-refractivity contribution in [3.8, 4) is 5.75 Å². The average Bonchev–Trinajstić information content (AvgIpc) is 2.43. The number of hydrogen-bond acceptors (Lipinski definition) is 3. The molecule has 19 heavy (non-hydrogen) atoms. The number of aryl methyl sites for hydroxylation is 1. The smallest absolute Gasteiger partial charge is 0.119 e. The molecule has 1 heterocycles. The molecule has 1 atom stereocenters. The van der Waals surface area contributed by atoms with Crippen LogP contribution in [-0.2, 0) is 0 Å². The first-order valence-corrected chi connectivity index (χ1v) is 6.57. The van der Waals surface area contributed by atoms with Crippen molar-refractivity contribution in [2.45, 2.75) is 19.9 Å². The molecule has 3 heteroatoms. The lowest BCUT2D eigenvalue weighted by Crippen LogP contribution is -2.19. The first-order valence-electron chi connectivity index (χ1n) is 6.57. The molecule has 0 radical (unpaired) electrons. The summed E-state index contributed by atoms with van der Waals surface area (Å²) in [6, 6.07) is 12.4. The van der Waals surface area contributed by atoms with Crippen molar-refractivity contribution < 1.29 is 4.74 Å². The van der Waals surface area contributed by atoms with E-state index in [9.17, 15) is 0 Å². The van der Waals surface area contributed by atoms with Crippen molar-refractivity contribution in [3.05, 3.63) is 59.4 Å². The summed E-state index contributed by atoms with van der Waals surface area (Å²) in [4.78, 5) is 4.36. The number of hydrogen-bond donors (Lipinski definition) is 1. The van der Waals surface area contributed by atoms with Gasteiger partial charge in [0, 0.05) is 11.9 Å². The molecular formula is C16H20N2O. The normalized spacial score (nSPS) is 12.2. The quantitative estimate of drug-likeness (QED) is 0.892. The van der Waals surface area contributed by atoms with Crippen molar-refractivity contribution in [1.82, 2.24) is 10.3 Å². The predicted octanol–water partition coefficient (Wildman–Crippen LogP) is 3.10. The van der Waals surface area contributed by atoms with Crippen LogP contribution in [0.3, 0.4) is 0 Å². The van der Waals surface area contributed by atoms with Crippen LogP contribution in [-0.4, -0.2) is 18.6 Å². The zero-order chi connectivity index (χ0) is 13.7. The molecule has 1 unspecified atom stereocenters. The molecule has 2 rings (SSSR count). The Kier molecular flexibility index (Phi) is 4.53. The summed E-state index contributed by atoms with van der Waals surface area (Å²) in [5.74, 6) is 0.904. The molecule has 0 aliphatic heterocycles. The van der Waals surface area contributed by atoms with Crippen molar-refractivity contribution >= 4 is 0 Å². The van der Waals surface area contributed by atoms with Crippen LogP contribution in [0.1, 0.15) is 29.8 Å². The van der Waals surface area contributed by atoms with Crippen molar-refractivity contribution in [1.29, 1.82) is 0 Å². The van der Waals surface area contributed by atoms with E-state index in [1.165, 1.54) is 11.1 Å². The van der Waals surface area contributed by atoms with Gasteiger partial charge in [-0.3, -0.25) is 4.98 Å². The maximum atomic E-state index is 5.56. The van der Waals surface area contributed by atoms with Crippen LogP contribution in [0.4, 0.5) is 0 Å². The Morgan fingerprint density at radius 3 is 2.79 bits per heavy atom. The minimum Gasteiger partial charge on any atom is -0.494 e. The summed E-state index contributed by atoms with van der Waals surface area (Å²) in [7, 11) is 1.96. The number of nitrogens with zero attached hydrogens (tertiary/aromatic N) is 1. The molecule has 1 aromatic heterocycles. The lowest BCUT2D eigenvalue weighted by atomic mass is 9.98. The molecular weight excluding hydrogens is 236 g/mol. The summed E-state index contributed by atoms with van der Waals surface area (Å²) in [6.07, 6.45) is 1.82. The monoisotopic (exact) mass is 256 g/mol. The van der Waals surface area contributed by atoms with Gasteiger partial charge in [0.1, 0.15) is 5.75 Å². The van der Waals surface area contributed by atoms with Gasteiger partial charge in [-0.25, -0.2) is 0 Å². The lowest BCUT2D eigenvalue weighted by Gasteiger charge is -2.19. The van der Waals surface area contributed by atoms with Crippen LogP contribution < -0.4 is 10.1 Å². The van der Waals surface area contributed by atoms with E-state index in [-0.39, 0.29) is 6.04 Å². The highest BCUT2D eigenvalue weighted by atomic mass is 16.5. The second kappa shape index (κ2) is 6.34. The van der Waals surface area contributed by atoms with Crippen molar-refractivity contribution in [3.63, 3.8) is 0 Å². The summed E-state index contributed by atoms with van der Waals surface area (Å²) < 4.78 is 5.56. The van der Waals surface area contributed by atoms with E-state index >= 15 is 0 Å². The third-order valence-corrected chi connectivity index (χ3v) is 3.15. The van der Waals surface area contributed by atoms with E-state index in [4.69, 9.17) is 4.74 Å². The molecule has 1 aromatic carbocycles. The summed E-state index contributed by atoms with van der Waals surface area (Å²) in [5.41, 5.74) is 3.42. The maximum Gasteiger partial charge on any atom is 0.119 e. The van der Waals surface area contributed by atoms with Crippen LogP contribution in [0.5, 0.6) is 5.75 Å². The van der Waals surface area contributed by atoms with E-state index in [0.717, 1.165) is 11.4 Å². The van der Waals surface area contributed by atoms with Gasteiger partial charge in [-0.1, -0.05) is 18.2 Å². The predicted molar refractivity (Wildman–Crippen MR) is 77.5 cm³/mol. The molecule has 0 aliphatic rings. The highest BCUT2D eigenvalue weighted by Crippen LogP contribution is 2.26. The molecule has 2 aromatic rings. The second-order valence-corrected chi connectivity index (χ2v) is 4.41. The van der Waals surface area contributed by atoms with Gasteiger partial charge < -0.3 is 10.1 Å². The largest absolute Gasteiger partial charge is 0.494 e. The molecule has 0 saturated heterocycles. The summed E-state index contributed by atoms with van der Waals surface area (Å²) in [5, 5.41) is 3.35. The maximum absolute atomic E-state index is 5.56. The number of ether oxygens (including phenoxy) is 1. The Balaban J connectivity index is 2.37. The Hall–Kier alpha value is -1.87. The summed E-state index contributed by atoms with van der Waals surface area (Å²) in [6.45, 7) is 4.71. The number of pyridine rings is 1. The van der Waals surface area contributed by atoms with Crippen LogP contribution in [0.25, 0.3) is 0 Å². The molecule has 100 valence electrons. The molecule has 0 bridgehead atoms. The Bertz CT molecular complexity index is 540. The van der Waals surface area contributed by atoms with Gasteiger partial charge in [0.2, 0.25) is 0 Å². The van der Waals surface area contributed by atoms with Crippen LogP contribution in [0.15, 0.2) is 42.6 Å². The van der Waals surface area contributed by atoms with Crippen LogP contribution in [0.2, 0.25) is 0 Å². The number of rotatable bonds is 5. The Morgan fingerprint density at radius 2 is 2.11 bits per heavy atom. The molecule has 1 N–H and O–H groups in total. The minimum absolute atomic E-state index is 0.133. The van der Waals surface area contributed by atoms with Gasteiger partial charge in [-0.2, -0.15) is 0 Å². The Labute approximate surface area is 114 Å². The number of aromatic nitrogens is 1. The van der Waals surface area contributed by atoms with Crippen LogP contribution in [0, 0.1) is 6.92 Å². The zero-order valence-corrected chi connectivity index (χ0v) is 11.7. The zero-order valence-electron chi connectivity index (χ0n) is 11.7. The van der Waals surface area contributed by atoms with E-state index < -0.39 is 0 Å². The summed E-state index contributed by atoms with van der Waals surface area (Å²) >= 11 is 0. The van der Waals surface area contributed by atoms with Gasteiger partial charge in [0.05, 0.1) is 12.6 Å². The number of nitrogens with one attached hydrogen (secondary N) is 1. The van der Waals surface area contributed by atoms with E-state index in [1.54, 1.807) is 0 Å². The molecule has 0 aliphatic carbocycles. The molecule has 0 saturated carbocycles. The first-order chi connectivity index (χ1) is 9.26. The molecule has 0 amide bonds. The fraction of sp³-hybridized carbons (Fsp3) is 0.312. The SMILES string of the molecule is CCOc1cccc(C(NC)c2cccnc2C)c1. The average molecular weight is 256 g/mol. The minimum atomic E-state index is 0.133. The molecule has 0 spiro atoms. The highest BCUT2D eigenvalue weighted by molar-refractivity contribution is 5.37. The second-order valence-electron chi connectivity index (χ2n) is 4.41. The lowest BCUT2D eigenvalue weighted by molar-refractivity contribution is 0.339. The standard InChI is InChI=1S/C16H20N2O/c1-4-19-14-8-5-7-13(11-14)16(17-3)15-9-6-10-18-12(15)2/h5-11,16-17H,4H2,1-3H3. The van der Waals surface area contributed by atoms with E-state index in [0.29, 0.717) is 6.61 Å². The van der Waals surface area contributed by atoms with Gasteiger partial charge in [0.15, 0.2) is 0 Å². The highest BCUT2D eigenvalue weighted by Gasteiger charge is 2.14. The fourth-order valence-electron chi connectivity index (χ4n) is 2.25. The van der Waals surface area contributed by atoms with E-state index in [1.807, 2.05) is 45.3 Å². The first kappa shape index (κ1) is 13.6. The van der Waals surface area contributed by atoms with Gasteiger partial charge in [0.25, 0.3) is 0 Å². The van der Waals surface area contributed by atoms with Crippen molar-refractivity contribution in [2.75, 3.05) is 13.7 Å². The van der Waals surface area contributed by atoms with E-state index in [2.05, 4.69) is 28.5 Å². The van der Waals surface area contributed by atoms with Crippen molar-refractivity contribution in [2.24, 2.45) is 0 Å². The fourth-order valence-corrected chi connectivity index (χ4v) is 2.25. The van der Waals surface area contributed by atoms with Gasteiger partial charge in [-0.05, 0) is 50.2 Å². The third kappa shape index (κ3) is 3.12. The molecule has 0 fully saturated rings. The van der Waals surface area contributed by atoms with Gasteiger partial charge in [-0.15, -0.1) is 0 Å². The Morgan fingerprint density at radius 1 is 1.26 bits per heavy atom. The third-order valence-electron chi connectivity index (χ3n) is 3.15. The van der Waals surface area contributed by atoms with Crippen LogP contribution >= 0.6 is 0 Å². The number of benzene rings is 1. The molecule has 3 nitrogen and oxygen atoms in total. The van der Waals surface area contributed by atoms with Gasteiger partial charge >= 0.3 is 0 Å². The topological polar surface area (TPSA) is 34.1 Å².